The van der Waals surface area contributed by atoms with E-state index < -0.39 is 32.6 Å². The van der Waals surface area contributed by atoms with Crippen molar-refractivity contribution >= 4 is 33.3 Å². The molecule has 0 saturated carbocycles. The van der Waals surface area contributed by atoms with Crippen LogP contribution in [0.2, 0.25) is 5.02 Å². The van der Waals surface area contributed by atoms with Crippen molar-refractivity contribution in [3.05, 3.63) is 58.6 Å². The van der Waals surface area contributed by atoms with Crippen molar-refractivity contribution in [1.82, 2.24) is 0 Å². The van der Waals surface area contributed by atoms with E-state index in [0.717, 1.165) is 19.2 Å². The first kappa shape index (κ1) is 19.1. The van der Waals surface area contributed by atoms with E-state index >= 15 is 0 Å². The highest BCUT2D eigenvalue weighted by Crippen LogP contribution is 2.36. The third kappa shape index (κ3) is 4.23. The molecule has 10 heteroatoms. The molecule has 1 N–H and O–H groups in total. The number of esters is 1. The Morgan fingerprint density at radius 1 is 1.16 bits per heavy atom. The summed E-state index contributed by atoms with van der Waals surface area (Å²) in [5.41, 5.74) is -1.77. The number of carbonyl (C=O) groups is 1. The van der Waals surface area contributed by atoms with Gasteiger partial charge in [-0.1, -0.05) is 23.7 Å². The summed E-state index contributed by atoms with van der Waals surface area (Å²) < 4.78 is 70.8. The molecule has 2 aromatic carbocycles. The van der Waals surface area contributed by atoms with Gasteiger partial charge in [0.1, 0.15) is 0 Å². The zero-order valence-electron chi connectivity index (χ0n) is 12.6. The second-order valence-electron chi connectivity index (χ2n) is 4.78. The minimum Gasteiger partial charge on any atom is -0.465 e. The molecule has 0 unspecified atom stereocenters. The summed E-state index contributed by atoms with van der Waals surface area (Å²) in [5.74, 6) is -0.842. The molecule has 5 nitrogen and oxygen atoms in total. The number of nitrogens with one attached hydrogen (secondary N) is 1. The molecule has 0 aliphatic carbocycles. The number of sulfonamides is 1. The SMILES string of the molecule is COC(=O)c1ccccc1NS(=O)(=O)c1ccc(Cl)cc1C(F)(F)F. The summed E-state index contributed by atoms with van der Waals surface area (Å²) in [4.78, 5) is 10.7. The quantitative estimate of drug-likeness (QED) is 0.798. The number of halogens is 4. The number of anilines is 1. The summed E-state index contributed by atoms with van der Waals surface area (Å²) in [5, 5.41) is -0.263. The number of hydrogen-bond donors (Lipinski definition) is 1. The summed E-state index contributed by atoms with van der Waals surface area (Å²) in [6.45, 7) is 0. The van der Waals surface area contributed by atoms with Crippen molar-refractivity contribution in [2.45, 2.75) is 11.1 Å². The lowest BCUT2D eigenvalue weighted by Gasteiger charge is -2.16. The number of alkyl halides is 3. The Kier molecular flexibility index (Phi) is 5.28. The topological polar surface area (TPSA) is 72.5 Å². The van der Waals surface area contributed by atoms with Crippen molar-refractivity contribution in [3.8, 4) is 0 Å². The van der Waals surface area contributed by atoms with Crippen LogP contribution in [0.25, 0.3) is 0 Å². The van der Waals surface area contributed by atoms with Crippen molar-refractivity contribution in [2.24, 2.45) is 0 Å². The zero-order chi connectivity index (χ0) is 18.8. The predicted octanol–water partition coefficient (Wildman–Crippen LogP) is 3.95. The van der Waals surface area contributed by atoms with Gasteiger partial charge in [0.25, 0.3) is 10.0 Å². The molecular weight excluding hydrogens is 383 g/mol. The summed E-state index contributed by atoms with van der Waals surface area (Å²) >= 11 is 5.54. The first-order valence-electron chi connectivity index (χ1n) is 6.63. The number of benzene rings is 2. The molecule has 0 spiro atoms. The number of methoxy groups -OCH3 is 1. The van der Waals surface area contributed by atoms with Crippen LogP contribution in [0.3, 0.4) is 0 Å². The van der Waals surface area contributed by atoms with Gasteiger partial charge in [-0.05, 0) is 30.3 Å². The Balaban J connectivity index is 2.54. The van der Waals surface area contributed by atoms with Crippen LogP contribution in [-0.4, -0.2) is 21.5 Å². The first-order valence-corrected chi connectivity index (χ1v) is 8.49. The van der Waals surface area contributed by atoms with Crippen LogP contribution >= 0.6 is 11.6 Å². The monoisotopic (exact) mass is 393 g/mol. The first-order chi connectivity index (χ1) is 11.6. The Labute approximate surface area is 146 Å². The average molecular weight is 394 g/mol. The molecule has 0 fully saturated rings. The average Bonchev–Trinajstić information content (AvgIpc) is 2.53. The van der Waals surface area contributed by atoms with Crippen molar-refractivity contribution in [1.29, 1.82) is 0 Å². The second-order valence-corrected chi connectivity index (χ2v) is 6.87. The number of hydrogen-bond acceptors (Lipinski definition) is 4. The van der Waals surface area contributed by atoms with Crippen LogP contribution in [0.5, 0.6) is 0 Å². The lowest BCUT2D eigenvalue weighted by atomic mass is 10.2. The number of para-hydroxylation sites is 1. The number of carbonyl (C=O) groups excluding carboxylic acids is 1. The zero-order valence-corrected chi connectivity index (χ0v) is 14.2. The summed E-state index contributed by atoms with van der Waals surface area (Å²) in [7, 11) is -3.55. The van der Waals surface area contributed by atoms with Crippen LogP contribution in [0, 0.1) is 0 Å². The minimum atomic E-state index is -4.93. The fourth-order valence-electron chi connectivity index (χ4n) is 2.02. The molecule has 0 radical (unpaired) electrons. The lowest BCUT2D eigenvalue weighted by Crippen LogP contribution is -2.20. The highest BCUT2D eigenvalue weighted by Gasteiger charge is 2.37. The molecule has 0 aromatic heterocycles. The third-order valence-electron chi connectivity index (χ3n) is 3.11. The normalized spacial score (nSPS) is 11.9. The molecule has 0 bridgehead atoms. The van der Waals surface area contributed by atoms with Gasteiger partial charge in [-0.3, -0.25) is 4.72 Å². The van der Waals surface area contributed by atoms with Crippen molar-refractivity contribution in [3.63, 3.8) is 0 Å². The number of rotatable bonds is 4. The predicted molar refractivity (Wildman–Crippen MR) is 85.0 cm³/mol. The van der Waals surface area contributed by atoms with Gasteiger partial charge >= 0.3 is 12.1 Å². The highest BCUT2D eigenvalue weighted by molar-refractivity contribution is 7.92. The van der Waals surface area contributed by atoms with Crippen LogP contribution in [0.4, 0.5) is 18.9 Å². The molecule has 0 heterocycles. The van der Waals surface area contributed by atoms with Crippen molar-refractivity contribution in [2.75, 3.05) is 11.8 Å². The number of ether oxygens (including phenoxy) is 1. The van der Waals surface area contributed by atoms with Crippen molar-refractivity contribution < 1.29 is 31.1 Å². The summed E-state index contributed by atoms with van der Waals surface area (Å²) in [6.07, 6.45) is -4.93. The molecule has 0 aliphatic rings. The van der Waals surface area contributed by atoms with Crippen LogP contribution < -0.4 is 4.72 Å². The van der Waals surface area contributed by atoms with Gasteiger partial charge in [-0.25, -0.2) is 13.2 Å². The van der Waals surface area contributed by atoms with E-state index in [2.05, 4.69) is 4.74 Å². The van der Waals surface area contributed by atoms with Gasteiger partial charge < -0.3 is 4.74 Å². The van der Waals surface area contributed by atoms with Gasteiger partial charge in [0.15, 0.2) is 0 Å². The molecule has 2 aromatic rings. The van der Waals surface area contributed by atoms with Crippen LogP contribution in [0.1, 0.15) is 15.9 Å². The molecule has 0 aliphatic heterocycles. The van der Waals surface area contributed by atoms with E-state index in [4.69, 9.17) is 11.6 Å². The Bertz CT molecular complexity index is 913. The summed E-state index contributed by atoms with van der Waals surface area (Å²) in [6, 6.07) is 7.65. The fraction of sp³-hybridized carbons (Fsp3) is 0.133. The van der Waals surface area contributed by atoms with E-state index in [0.29, 0.717) is 6.07 Å². The van der Waals surface area contributed by atoms with Gasteiger partial charge in [-0.2, -0.15) is 13.2 Å². The van der Waals surface area contributed by atoms with E-state index in [-0.39, 0.29) is 16.3 Å². The smallest absolute Gasteiger partial charge is 0.417 e. The fourth-order valence-corrected chi connectivity index (χ4v) is 3.48. The van der Waals surface area contributed by atoms with Gasteiger partial charge in [-0.15, -0.1) is 0 Å². The standard InChI is InChI=1S/C15H11ClF3NO4S/c1-24-14(21)10-4-2-3-5-12(10)20-25(22,23)13-7-6-9(16)8-11(13)15(17,18)19/h2-8,20H,1H3. The van der Waals surface area contributed by atoms with Gasteiger partial charge in [0.2, 0.25) is 0 Å². The molecule has 0 amide bonds. The Morgan fingerprint density at radius 2 is 1.80 bits per heavy atom. The molecule has 0 atom stereocenters. The maximum absolute atomic E-state index is 13.1. The largest absolute Gasteiger partial charge is 0.465 e. The van der Waals surface area contributed by atoms with E-state index in [1.807, 2.05) is 4.72 Å². The van der Waals surface area contributed by atoms with Gasteiger partial charge in [0.05, 0.1) is 28.8 Å². The van der Waals surface area contributed by atoms with Crippen LogP contribution in [0.15, 0.2) is 47.4 Å². The molecule has 0 saturated heterocycles. The van der Waals surface area contributed by atoms with Crippen LogP contribution in [-0.2, 0) is 20.9 Å². The van der Waals surface area contributed by atoms with E-state index in [9.17, 15) is 26.4 Å². The second kappa shape index (κ2) is 6.93. The Morgan fingerprint density at radius 3 is 2.40 bits per heavy atom. The molecule has 2 rings (SSSR count). The van der Waals surface area contributed by atoms with Gasteiger partial charge in [0, 0.05) is 5.02 Å². The van der Waals surface area contributed by atoms with E-state index in [1.165, 1.54) is 24.3 Å². The Hall–Kier alpha value is -2.26. The molecule has 134 valence electrons. The minimum absolute atomic E-state index is 0.143. The maximum Gasteiger partial charge on any atom is 0.417 e. The highest BCUT2D eigenvalue weighted by atomic mass is 35.5. The van der Waals surface area contributed by atoms with E-state index in [1.54, 1.807) is 0 Å². The third-order valence-corrected chi connectivity index (χ3v) is 4.77. The lowest BCUT2D eigenvalue weighted by molar-refractivity contribution is -0.139. The maximum atomic E-state index is 13.1. The molecule has 25 heavy (non-hydrogen) atoms. The molecular formula is C15H11ClF3NO4S.